The van der Waals surface area contributed by atoms with E-state index in [1.807, 2.05) is 0 Å². The SMILES string of the molecule is CC(C)CCCCCCCCCC(=O)OC[C@H](COP(=O)(O)OCC(O)COP(=O)(O)OC[C@@H](COC(=O)CCCCCCCCCC(C)C)OC(=O)CCCCCCCCC(C)C)OC(=O)CCCCCCCCC(C)C. The van der Waals surface area contributed by atoms with Gasteiger partial charge in [0, 0.05) is 25.7 Å². The number of aliphatic hydroxyl groups is 1. The van der Waals surface area contributed by atoms with E-state index < -0.39 is 97.5 Å². The summed E-state index contributed by atoms with van der Waals surface area (Å²) in [6.07, 6.45) is 27.2. The van der Waals surface area contributed by atoms with Crippen molar-refractivity contribution in [1.29, 1.82) is 0 Å². The van der Waals surface area contributed by atoms with Crippen LogP contribution in [0.5, 0.6) is 0 Å². The molecule has 0 rings (SSSR count). The first kappa shape index (κ1) is 76.1. The van der Waals surface area contributed by atoms with Crippen molar-refractivity contribution in [2.75, 3.05) is 39.6 Å². The lowest BCUT2D eigenvalue weighted by Crippen LogP contribution is -2.30. The Hall–Kier alpha value is -1.94. The lowest BCUT2D eigenvalue weighted by molar-refractivity contribution is -0.161. The van der Waals surface area contributed by atoms with Crippen molar-refractivity contribution in [3.63, 3.8) is 0 Å². The van der Waals surface area contributed by atoms with Gasteiger partial charge in [0.2, 0.25) is 0 Å². The Bertz CT molecular complexity index is 1470. The van der Waals surface area contributed by atoms with Gasteiger partial charge in [0.05, 0.1) is 26.4 Å². The average Bonchev–Trinajstić information content (AvgIpc) is 3.36. The molecule has 0 bridgehead atoms. The van der Waals surface area contributed by atoms with Crippen molar-refractivity contribution in [2.24, 2.45) is 23.7 Å². The molecule has 0 heterocycles. The fourth-order valence-corrected chi connectivity index (χ4v) is 10.1. The van der Waals surface area contributed by atoms with Gasteiger partial charge in [0.1, 0.15) is 19.3 Å². The van der Waals surface area contributed by atoms with Crippen molar-refractivity contribution >= 4 is 39.5 Å². The maximum absolute atomic E-state index is 12.9. The normalized spacial score (nSPS) is 14.6. The fraction of sp³-hybridized carbons (Fsp3) is 0.932. The third-order valence-electron chi connectivity index (χ3n) is 13.3. The summed E-state index contributed by atoms with van der Waals surface area (Å²) in [7, 11) is -9.88. The molecule has 0 aliphatic carbocycles. The van der Waals surface area contributed by atoms with Crippen LogP contribution < -0.4 is 0 Å². The first-order valence-electron chi connectivity index (χ1n) is 30.7. The third-order valence-corrected chi connectivity index (χ3v) is 15.2. The second kappa shape index (κ2) is 49.7. The molecule has 0 spiro atoms. The summed E-state index contributed by atoms with van der Waals surface area (Å²) in [6, 6.07) is 0. The molecule has 0 fully saturated rings. The van der Waals surface area contributed by atoms with Gasteiger partial charge in [-0.05, 0) is 49.4 Å². The smallest absolute Gasteiger partial charge is 0.462 e. The maximum Gasteiger partial charge on any atom is 0.472 e. The molecule has 78 heavy (non-hydrogen) atoms. The number of rotatable bonds is 56. The van der Waals surface area contributed by atoms with Gasteiger partial charge in [-0.25, -0.2) is 9.13 Å². The second-order valence-electron chi connectivity index (χ2n) is 23.3. The predicted molar refractivity (Wildman–Crippen MR) is 307 cm³/mol. The van der Waals surface area contributed by atoms with Crippen molar-refractivity contribution in [3.05, 3.63) is 0 Å². The minimum atomic E-state index is -4.94. The summed E-state index contributed by atoms with van der Waals surface area (Å²) >= 11 is 0. The molecular weight excluding hydrogens is 1040 g/mol. The Morgan fingerprint density at radius 2 is 0.538 bits per heavy atom. The summed E-state index contributed by atoms with van der Waals surface area (Å²) in [5, 5.41) is 10.5. The van der Waals surface area contributed by atoms with Gasteiger partial charge >= 0.3 is 39.5 Å². The molecule has 462 valence electrons. The predicted octanol–water partition coefficient (Wildman–Crippen LogP) is 15.4. The minimum Gasteiger partial charge on any atom is -0.462 e. The van der Waals surface area contributed by atoms with Crippen LogP contribution >= 0.6 is 15.6 Å². The van der Waals surface area contributed by atoms with Crippen LogP contribution in [0.1, 0.15) is 274 Å². The molecule has 4 atom stereocenters. The molecule has 0 saturated carbocycles. The van der Waals surface area contributed by atoms with Crippen LogP contribution in [0.15, 0.2) is 0 Å². The van der Waals surface area contributed by atoms with E-state index in [1.165, 1.54) is 64.2 Å². The molecule has 0 aliphatic rings. The van der Waals surface area contributed by atoms with Crippen LogP contribution in [0.4, 0.5) is 0 Å². The summed E-state index contributed by atoms with van der Waals surface area (Å²) in [6.45, 7) is 13.7. The van der Waals surface area contributed by atoms with Crippen molar-refractivity contribution < 1.29 is 80.2 Å². The Morgan fingerprint density at radius 3 is 0.795 bits per heavy atom. The quantitative estimate of drug-likeness (QED) is 0.0222. The highest BCUT2D eigenvalue weighted by molar-refractivity contribution is 7.47. The number of hydrogen-bond acceptors (Lipinski definition) is 15. The highest BCUT2D eigenvalue weighted by atomic mass is 31.2. The highest BCUT2D eigenvalue weighted by Crippen LogP contribution is 2.45. The Kier molecular flexibility index (Phi) is 48.4. The van der Waals surface area contributed by atoms with E-state index in [9.17, 15) is 43.2 Å². The zero-order valence-electron chi connectivity index (χ0n) is 50.3. The third kappa shape index (κ3) is 53.4. The number of esters is 4. The summed E-state index contributed by atoms with van der Waals surface area (Å²) in [5.41, 5.74) is 0. The molecule has 17 nitrogen and oxygen atoms in total. The number of carbonyl (C=O) groups is 4. The van der Waals surface area contributed by atoms with E-state index in [0.29, 0.717) is 49.4 Å². The number of phosphoric ester groups is 2. The summed E-state index contributed by atoms with van der Waals surface area (Å²) in [5.74, 6) is 0.594. The molecule has 0 radical (unpaired) electrons. The van der Waals surface area contributed by atoms with Gasteiger partial charge in [-0.2, -0.15) is 0 Å². The first-order chi connectivity index (χ1) is 37.1. The van der Waals surface area contributed by atoms with E-state index in [4.69, 9.17) is 37.0 Å². The molecule has 0 amide bonds. The Labute approximate surface area is 473 Å². The maximum atomic E-state index is 12.9. The van der Waals surface area contributed by atoms with Crippen molar-refractivity contribution in [1.82, 2.24) is 0 Å². The largest absolute Gasteiger partial charge is 0.472 e. The van der Waals surface area contributed by atoms with Gasteiger partial charge in [0.25, 0.3) is 0 Å². The number of carbonyl (C=O) groups excluding carboxylic acids is 4. The van der Waals surface area contributed by atoms with E-state index in [0.717, 1.165) is 103 Å². The first-order valence-corrected chi connectivity index (χ1v) is 33.7. The lowest BCUT2D eigenvalue weighted by Gasteiger charge is -2.21. The molecule has 2 unspecified atom stereocenters. The van der Waals surface area contributed by atoms with Gasteiger partial charge in [-0.15, -0.1) is 0 Å². The zero-order valence-corrected chi connectivity index (χ0v) is 52.1. The number of phosphoric acid groups is 2. The van der Waals surface area contributed by atoms with Crippen molar-refractivity contribution in [3.8, 4) is 0 Å². The summed E-state index contributed by atoms with van der Waals surface area (Å²) in [4.78, 5) is 71.8. The van der Waals surface area contributed by atoms with Crippen LogP contribution in [0.3, 0.4) is 0 Å². The Morgan fingerprint density at radius 1 is 0.321 bits per heavy atom. The van der Waals surface area contributed by atoms with Gasteiger partial charge in [0.15, 0.2) is 12.2 Å². The number of hydrogen-bond donors (Lipinski definition) is 3. The van der Waals surface area contributed by atoms with Crippen LogP contribution in [-0.2, 0) is 65.4 Å². The average molecular weight is 1160 g/mol. The zero-order chi connectivity index (χ0) is 58.3. The number of ether oxygens (including phenoxy) is 4. The molecular formula is C59H114O17P2. The molecule has 0 saturated heterocycles. The Balaban J connectivity index is 5.24. The molecule has 0 aliphatic heterocycles. The fourth-order valence-electron chi connectivity index (χ4n) is 8.55. The standard InChI is InChI=1S/C59H114O17P2/c1-49(2)35-27-19-11-9-13-23-31-39-56(61)69-45-54(75-58(63)41-33-25-17-15-21-29-37-51(5)6)47-73-77(65,66)71-43-53(60)44-72-78(67,68)74-48-55(76-59(64)42-34-26-18-16-22-30-38-52(7)8)46-70-57(62)40-32-24-14-10-12-20-28-36-50(3)4/h49-55,60H,9-48H2,1-8H3,(H,65,66)(H,67,68)/t54-,55-/m1/s1. The van der Waals surface area contributed by atoms with E-state index in [-0.39, 0.29) is 25.7 Å². The highest BCUT2D eigenvalue weighted by Gasteiger charge is 2.30. The van der Waals surface area contributed by atoms with Gasteiger partial charge in [-0.1, -0.05) is 222 Å². The van der Waals surface area contributed by atoms with Crippen LogP contribution in [0.25, 0.3) is 0 Å². The van der Waals surface area contributed by atoms with Crippen LogP contribution in [0.2, 0.25) is 0 Å². The second-order valence-corrected chi connectivity index (χ2v) is 26.2. The molecule has 3 N–H and O–H groups in total. The molecule has 0 aromatic rings. The van der Waals surface area contributed by atoms with E-state index in [1.54, 1.807) is 0 Å². The molecule has 0 aromatic carbocycles. The van der Waals surface area contributed by atoms with Crippen molar-refractivity contribution in [2.45, 2.75) is 292 Å². The van der Waals surface area contributed by atoms with Gasteiger partial charge < -0.3 is 33.8 Å². The molecule has 0 aromatic heterocycles. The minimum absolute atomic E-state index is 0.100. The lowest BCUT2D eigenvalue weighted by atomic mass is 10.0. The number of aliphatic hydroxyl groups excluding tert-OH is 1. The van der Waals surface area contributed by atoms with E-state index in [2.05, 4.69) is 55.4 Å². The van der Waals surface area contributed by atoms with E-state index >= 15 is 0 Å². The van der Waals surface area contributed by atoms with Crippen LogP contribution in [0, 0.1) is 23.7 Å². The summed E-state index contributed by atoms with van der Waals surface area (Å²) < 4.78 is 67.7. The molecule has 19 heteroatoms. The van der Waals surface area contributed by atoms with Crippen LogP contribution in [-0.4, -0.2) is 96.7 Å². The van der Waals surface area contributed by atoms with Gasteiger partial charge in [-0.3, -0.25) is 37.3 Å². The monoisotopic (exact) mass is 1160 g/mol. The number of unbranched alkanes of at least 4 members (excludes halogenated alkanes) is 22. The topological polar surface area (TPSA) is 237 Å².